The van der Waals surface area contributed by atoms with Crippen LogP contribution in [0.1, 0.15) is 10.4 Å². The van der Waals surface area contributed by atoms with Gasteiger partial charge in [-0.15, -0.1) is 0 Å². The molecule has 22 heavy (non-hydrogen) atoms. The number of benzene rings is 2. The molecule has 3 nitrogen and oxygen atoms in total. The van der Waals surface area contributed by atoms with Crippen molar-refractivity contribution in [1.82, 2.24) is 5.32 Å². The Balaban J connectivity index is 2.13. The van der Waals surface area contributed by atoms with Crippen molar-refractivity contribution in [2.45, 2.75) is 9.96 Å². The Kier molecular flexibility index (Phi) is 5.98. The molecular weight excluding hydrogens is 410 g/mol. The van der Waals surface area contributed by atoms with Crippen molar-refractivity contribution in [1.29, 1.82) is 0 Å². The standard InChI is InChI=1S/C15H12BrCl3N2O/c16-11-6-8-12(9-7-11)20-14(15(17,18)19)21-13(22)10-4-2-1-3-5-10/h1-9,14,20H,(H,21,22). The molecule has 1 unspecified atom stereocenters. The van der Waals surface area contributed by atoms with Crippen LogP contribution in [0.2, 0.25) is 0 Å². The molecule has 1 amide bonds. The monoisotopic (exact) mass is 420 g/mol. The van der Waals surface area contributed by atoms with E-state index in [1.165, 1.54) is 0 Å². The lowest BCUT2D eigenvalue weighted by atomic mass is 10.2. The summed E-state index contributed by atoms with van der Waals surface area (Å²) in [5.41, 5.74) is 1.20. The minimum atomic E-state index is -1.71. The van der Waals surface area contributed by atoms with Crippen LogP contribution in [-0.4, -0.2) is 15.9 Å². The van der Waals surface area contributed by atoms with Gasteiger partial charge in [0.05, 0.1) is 0 Å². The molecular formula is C15H12BrCl3N2O. The van der Waals surface area contributed by atoms with E-state index in [2.05, 4.69) is 26.6 Å². The number of carbonyl (C=O) groups is 1. The molecule has 0 aliphatic heterocycles. The van der Waals surface area contributed by atoms with E-state index >= 15 is 0 Å². The third-order valence-electron chi connectivity index (χ3n) is 2.79. The van der Waals surface area contributed by atoms with Gasteiger partial charge in [-0.25, -0.2) is 0 Å². The normalized spacial score (nSPS) is 12.5. The Morgan fingerprint density at radius 1 is 1.00 bits per heavy atom. The van der Waals surface area contributed by atoms with E-state index in [1.807, 2.05) is 30.3 Å². The molecule has 2 aromatic carbocycles. The van der Waals surface area contributed by atoms with Gasteiger partial charge in [0.1, 0.15) is 6.17 Å². The molecule has 0 aliphatic carbocycles. The summed E-state index contributed by atoms with van der Waals surface area (Å²) in [7, 11) is 0. The third kappa shape index (κ3) is 5.06. The SMILES string of the molecule is O=C(NC(Nc1ccc(Br)cc1)C(Cl)(Cl)Cl)c1ccccc1. The van der Waals surface area contributed by atoms with Gasteiger partial charge in [0.2, 0.25) is 3.79 Å². The third-order valence-corrected chi connectivity index (χ3v) is 3.98. The number of hydrogen-bond donors (Lipinski definition) is 2. The molecule has 0 aromatic heterocycles. The quantitative estimate of drug-likeness (QED) is 0.539. The summed E-state index contributed by atoms with van der Waals surface area (Å²) >= 11 is 21.2. The van der Waals surface area contributed by atoms with Crippen LogP contribution in [0.4, 0.5) is 5.69 Å². The van der Waals surface area contributed by atoms with Crippen LogP contribution in [0.25, 0.3) is 0 Å². The van der Waals surface area contributed by atoms with Gasteiger partial charge in [0.15, 0.2) is 0 Å². The second-order valence-corrected chi connectivity index (χ2v) is 7.75. The fourth-order valence-corrected chi connectivity index (χ4v) is 2.31. The molecule has 0 spiro atoms. The number of halogens is 4. The minimum Gasteiger partial charge on any atom is -0.362 e. The first-order chi connectivity index (χ1) is 10.4. The highest BCUT2D eigenvalue weighted by atomic mass is 79.9. The maximum atomic E-state index is 12.2. The lowest BCUT2D eigenvalue weighted by Gasteiger charge is -2.27. The van der Waals surface area contributed by atoms with Crippen molar-refractivity contribution in [3.63, 3.8) is 0 Å². The lowest BCUT2D eigenvalue weighted by molar-refractivity contribution is 0.0942. The van der Waals surface area contributed by atoms with E-state index in [1.54, 1.807) is 24.3 Å². The van der Waals surface area contributed by atoms with Crippen molar-refractivity contribution < 1.29 is 4.79 Å². The van der Waals surface area contributed by atoms with Gasteiger partial charge in [0.25, 0.3) is 5.91 Å². The first kappa shape index (κ1) is 17.4. The van der Waals surface area contributed by atoms with Gasteiger partial charge < -0.3 is 10.6 Å². The molecule has 0 saturated carbocycles. The zero-order valence-electron chi connectivity index (χ0n) is 11.2. The molecule has 7 heteroatoms. The van der Waals surface area contributed by atoms with Crippen molar-refractivity contribution in [2.75, 3.05) is 5.32 Å². The molecule has 2 rings (SSSR count). The van der Waals surface area contributed by atoms with Crippen LogP contribution in [0, 0.1) is 0 Å². The molecule has 0 heterocycles. The highest BCUT2D eigenvalue weighted by Crippen LogP contribution is 2.31. The highest BCUT2D eigenvalue weighted by molar-refractivity contribution is 9.10. The number of carbonyl (C=O) groups excluding carboxylic acids is 1. The number of alkyl halides is 3. The fraction of sp³-hybridized carbons (Fsp3) is 0.133. The number of anilines is 1. The Labute approximate surface area is 152 Å². The summed E-state index contributed by atoms with van der Waals surface area (Å²) in [5.74, 6) is -0.332. The average molecular weight is 423 g/mol. The van der Waals surface area contributed by atoms with Gasteiger partial charge >= 0.3 is 0 Å². The summed E-state index contributed by atoms with van der Waals surface area (Å²) in [6.45, 7) is 0. The summed E-state index contributed by atoms with van der Waals surface area (Å²) < 4.78 is -0.783. The Hall–Kier alpha value is -0.940. The van der Waals surface area contributed by atoms with E-state index in [9.17, 15) is 4.79 Å². The number of nitrogens with one attached hydrogen (secondary N) is 2. The van der Waals surface area contributed by atoms with Crippen LogP contribution >= 0.6 is 50.7 Å². The Morgan fingerprint density at radius 3 is 2.14 bits per heavy atom. The van der Waals surface area contributed by atoms with Crippen molar-refractivity contribution in [3.05, 3.63) is 64.6 Å². The number of amides is 1. The Bertz CT molecular complexity index is 629. The topological polar surface area (TPSA) is 41.1 Å². The molecule has 0 saturated heterocycles. The molecule has 1 atom stereocenters. The first-order valence-electron chi connectivity index (χ1n) is 6.31. The lowest BCUT2D eigenvalue weighted by Crippen LogP contribution is -2.49. The van der Waals surface area contributed by atoms with E-state index in [-0.39, 0.29) is 5.91 Å². The van der Waals surface area contributed by atoms with Gasteiger partial charge in [-0.3, -0.25) is 4.79 Å². The van der Waals surface area contributed by atoms with Crippen molar-refractivity contribution in [2.24, 2.45) is 0 Å². The maximum Gasteiger partial charge on any atom is 0.252 e. The summed E-state index contributed by atoms with van der Waals surface area (Å²) in [6.07, 6.45) is -0.883. The Morgan fingerprint density at radius 2 is 1.59 bits per heavy atom. The molecule has 0 bridgehead atoms. The van der Waals surface area contributed by atoms with E-state index < -0.39 is 9.96 Å². The zero-order chi connectivity index (χ0) is 16.2. The largest absolute Gasteiger partial charge is 0.362 e. The van der Waals surface area contributed by atoms with E-state index in [4.69, 9.17) is 34.8 Å². The fourth-order valence-electron chi connectivity index (χ4n) is 1.72. The summed E-state index contributed by atoms with van der Waals surface area (Å²) in [4.78, 5) is 12.2. The summed E-state index contributed by atoms with van der Waals surface area (Å²) in [5, 5.41) is 5.68. The molecule has 2 aromatic rings. The predicted octanol–water partition coefficient (Wildman–Crippen LogP) is 4.99. The van der Waals surface area contributed by atoms with Crippen molar-refractivity contribution in [3.8, 4) is 0 Å². The van der Waals surface area contributed by atoms with Crippen LogP contribution in [0.5, 0.6) is 0 Å². The maximum absolute atomic E-state index is 12.2. The second-order valence-electron chi connectivity index (χ2n) is 4.47. The van der Waals surface area contributed by atoms with Crippen LogP contribution in [-0.2, 0) is 0 Å². The number of rotatable bonds is 4. The van der Waals surface area contributed by atoms with Gasteiger partial charge in [-0.2, -0.15) is 0 Å². The van der Waals surface area contributed by atoms with E-state index in [0.29, 0.717) is 11.3 Å². The van der Waals surface area contributed by atoms with E-state index in [0.717, 1.165) is 4.47 Å². The van der Waals surface area contributed by atoms with Crippen molar-refractivity contribution >= 4 is 62.3 Å². The average Bonchev–Trinajstić information content (AvgIpc) is 2.48. The molecule has 0 aliphatic rings. The smallest absolute Gasteiger partial charge is 0.252 e. The highest BCUT2D eigenvalue weighted by Gasteiger charge is 2.34. The second kappa shape index (κ2) is 7.55. The zero-order valence-corrected chi connectivity index (χ0v) is 15.0. The predicted molar refractivity (Wildman–Crippen MR) is 95.8 cm³/mol. The van der Waals surface area contributed by atoms with Crippen LogP contribution in [0.15, 0.2) is 59.1 Å². The number of hydrogen-bond acceptors (Lipinski definition) is 2. The molecule has 2 N–H and O–H groups in total. The van der Waals surface area contributed by atoms with Gasteiger partial charge in [0, 0.05) is 15.7 Å². The summed E-state index contributed by atoms with van der Waals surface area (Å²) in [6, 6.07) is 16.0. The minimum absolute atomic E-state index is 0.332. The van der Waals surface area contributed by atoms with Gasteiger partial charge in [-0.05, 0) is 36.4 Å². The molecule has 116 valence electrons. The molecule has 0 fully saturated rings. The molecule has 0 radical (unpaired) electrons. The van der Waals surface area contributed by atoms with Gasteiger partial charge in [-0.1, -0.05) is 68.9 Å². The van der Waals surface area contributed by atoms with Crippen LogP contribution < -0.4 is 10.6 Å². The van der Waals surface area contributed by atoms with Crippen LogP contribution in [0.3, 0.4) is 0 Å². The first-order valence-corrected chi connectivity index (χ1v) is 8.24.